The molecule has 7 heteroatoms. The second kappa shape index (κ2) is 10.4. The average Bonchev–Trinajstić information content (AvgIpc) is 2.76. The van der Waals surface area contributed by atoms with Gasteiger partial charge in [-0.3, -0.25) is 9.69 Å². The first-order valence-electron chi connectivity index (χ1n) is 10.7. The Morgan fingerprint density at radius 1 is 1.22 bits per heavy atom. The highest BCUT2D eigenvalue weighted by Gasteiger charge is 2.28. The SMILES string of the molecule is C/C=C/C(=O)N1CCN(C[C@H](Oc2ccc(C(=O)O)cc2)c2ccc(C)c(F)c2)C[C@H]1C. The molecule has 32 heavy (non-hydrogen) atoms. The van der Waals surface area contributed by atoms with Crippen LogP contribution in [0.1, 0.15) is 41.4 Å². The number of allylic oxidation sites excluding steroid dienone is 1. The summed E-state index contributed by atoms with van der Waals surface area (Å²) >= 11 is 0. The number of aromatic carboxylic acids is 1. The number of halogens is 1. The van der Waals surface area contributed by atoms with Crippen molar-refractivity contribution in [2.75, 3.05) is 26.2 Å². The average molecular weight is 441 g/mol. The number of aryl methyl sites for hydroxylation is 1. The van der Waals surface area contributed by atoms with E-state index in [0.29, 0.717) is 43.1 Å². The molecular weight excluding hydrogens is 411 g/mol. The Hall–Kier alpha value is -3.19. The number of ether oxygens (including phenoxy) is 1. The van der Waals surface area contributed by atoms with Gasteiger partial charge in [0, 0.05) is 32.2 Å². The molecule has 0 spiro atoms. The Morgan fingerprint density at radius 2 is 1.94 bits per heavy atom. The van der Waals surface area contributed by atoms with Crippen molar-refractivity contribution in [2.45, 2.75) is 32.9 Å². The summed E-state index contributed by atoms with van der Waals surface area (Å²) in [5.74, 6) is -0.789. The first-order valence-corrected chi connectivity index (χ1v) is 10.7. The van der Waals surface area contributed by atoms with Gasteiger partial charge < -0.3 is 14.7 Å². The molecule has 3 rings (SSSR count). The minimum absolute atomic E-state index is 0.00609. The molecule has 2 aromatic rings. The van der Waals surface area contributed by atoms with Gasteiger partial charge in [-0.2, -0.15) is 0 Å². The molecule has 1 aliphatic heterocycles. The van der Waals surface area contributed by atoms with E-state index in [9.17, 15) is 14.0 Å². The molecule has 0 aliphatic carbocycles. The number of carbonyl (C=O) groups is 2. The fourth-order valence-electron chi connectivity index (χ4n) is 3.86. The monoisotopic (exact) mass is 440 g/mol. The molecule has 0 bridgehead atoms. The molecule has 0 saturated carbocycles. The highest BCUT2D eigenvalue weighted by Crippen LogP contribution is 2.26. The van der Waals surface area contributed by atoms with Crippen LogP contribution in [0.5, 0.6) is 5.75 Å². The molecule has 1 heterocycles. The number of amides is 1. The molecule has 170 valence electrons. The van der Waals surface area contributed by atoms with Gasteiger partial charge in [0.25, 0.3) is 0 Å². The van der Waals surface area contributed by atoms with E-state index in [4.69, 9.17) is 9.84 Å². The summed E-state index contributed by atoms with van der Waals surface area (Å²) in [5, 5.41) is 9.11. The van der Waals surface area contributed by atoms with Crippen LogP contribution in [0, 0.1) is 12.7 Å². The van der Waals surface area contributed by atoms with Gasteiger partial charge in [0.2, 0.25) is 5.91 Å². The molecule has 0 radical (unpaired) electrons. The Morgan fingerprint density at radius 3 is 2.53 bits per heavy atom. The van der Waals surface area contributed by atoms with E-state index in [-0.39, 0.29) is 23.3 Å². The maximum Gasteiger partial charge on any atom is 0.335 e. The van der Waals surface area contributed by atoms with E-state index in [2.05, 4.69) is 4.90 Å². The number of carboxylic acid groups (broad SMARTS) is 1. The summed E-state index contributed by atoms with van der Waals surface area (Å²) in [6.07, 6.45) is 2.87. The fourth-order valence-corrected chi connectivity index (χ4v) is 3.86. The van der Waals surface area contributed by atoms with Crippen molar-refractivity contribution in [1.29, 1.82) is 0 Å². The van der Waals surface area contributed by atoms with Gasteiger partial charge in [-0.15, -0.1) is 0 Å². The summed E-state index contributed by atoms with van der Waals surface area (Å²) in [7, 11) is 0. The van der Waals surface area contributed by atoms with Crippen molar-refractivity contribution in [3.8, 4) is 5.75 Å². The number of carboxylic acids is 1. The molecule has 1 fully saturated rings. The zero-order valence-corrected chi connectivity index (χ0v) is 18.6. The quantitative estimate of drug-likeness (QED) is 0.658. The number of hydrogen-bond acceptors (Lipinski definition) is 4. The van der Waals surface area contributed by atoms with E-state index in [1.54, 1.807) is 37.3 Å². The third-order valence-electron chi connectivity index (χ3n) is 5.68. The highest BCUT2D eigenvalue weighted by molar-refractivity contribution is 5.88. The summed E-state index contributed by atoms with van der Waals surface area (Å²) in [6.45, 7) is 8.02. The molecule has 1 amide bonds. The van der Waals surface area contributed by atoms with Crippen LogP contribution >= 0.6 is 0 Å². The predicted octanol–water partition coefficient (Wildman–Crippen LogP) is 4.06. The lowest BCUT2D eigenvalue weighted by atomic mass is 10.0. The van der Waals surface area contributed by atoms with Gasteiger partial charge in [-0.25, -0.2) is 9.18 Å². The van der Waals surface area contributed by atoms with Gasteiger partial charge in [0.15, 0.2) is 0 Å². The summed E-state index contributed by atoms with van der Waals surface area (Å²) in [4.78, 5) is 27.4. The Balaban J connectivity index is 1.78. The molecule has 1 saturated heterocycles. The molecule has 1 aliphatic rings. The lowest BCUT2D eigenvalue weighted by Gasteiger charge is -2.40. The lowest BCUT2D eigenvalue weighted by molar-refractivity contribution is -0.130. The van der Waals surface area contributed by atoms with Crippen molar-refractivity contribution in [2.24, 2.45) is 0 Å². The second-order valence-electron chi connectivity index (χ2n) is 8.08. The lowest BCUT2D eigenvalue weighted by Crippen LogP contribution is -2.54. The zero-order valence-electron chi connectivity index (χ0n) is 18.6. The summed E-state index contributed by atoms with van der Waals surface area (Å²) in [6, 6.07) is 11.3. The Labute approximate surface area is 187 Å². The van der Waals surface area contributed by atoms with E-state index < -0.39 is 12.1 Å². The second-order valence-corrected chi connectivity index (χ2v) is 8.08. The van der Waals surface area contributed by atoms with Gasteiger partial charge in [0.1, 0.15) is 17.7 Å². The minimum Gasteiger partial charge on any atom is -0.484 e. The van der Waals surface area contributed by atoms with Crippen LogP contribution in [-0.4, -0.2) is 59.0 Å². The summed E-state index contributed by atoms with van der Waals surface area (Å²) in [5.41, 5.74) is 1.43. The van der Waals surface area contributed by atoms with Crippen molar-refractivity contribution in [1.82, 2.24) is 9.80 Å². The molecule has 6 nitrogen and oxygen atoms in total. The van der Waals surface area contributed by atoms with E-state index in [1.165, 1.54) is 18.2 Å². The van der Waals surface area contributed by atoms with Crippen LogP contribution in [0.25, 0.3) is 0 Å². The van der Waals surface area contributed by atoms with Gasteiger partial charge >= 0.3 is 5.97 Å². The van der Waals surface area contributed by atoms with Crippen LogP contribution in [0.15, 0.2) is 54.6 Å². The van der Waals surface area contributed by atoms with E-state index in [1.807, 2.05) is 24.8 Å². The molecular formula is C25H29FN2O4. The van der Waals surface area contributed by atoms with Crippen molar-refractivity contribution >= 4 is 11.9 Å². The van der Waals surface area contributed by atoms with Gasteiger partial charge in [-0.05, 0) is 68.3 Å². The van der Waals surface area contributed by atoms with Crippen LogP contribution in [0.2, 0.25) is 0 Å². The number of carbonyl (C=O) groups excluding carboxylic acids is 1. The number of benzene rings is 2. The third-order valence-corrected chi connectivity index (χ3v) is 5.68. The van der Waals surface area contributed by atoms with E-state index >= 15 is 0 Å². The number of nitrogens with zero attached hydrogens (tertiary/aromatic N) is 2. The van der Waals surface area contributed by atoms with Crippen LogP contribution in [-0.2, 0) is 4.79 Å². The molecule has 2 aromatic carbocycles. The first kappa shape index (κ1) is 23.5. The third kappa shape index (κ3) is 5.73. The first-order chi connectivity index (χ1) is 15.3. The van der Waals surface area contributed by atoms with Crippen molar-refractivity contribution < 1.29 is 23.8 Å². The number of piperazine rings is 1. The number of rotatable bonds is 7. The number of hydrogen-bond donors (Lipinski definition) is 1. The fraction of sp³-hybridized carbons (Fsp3) is 0.360. The summed E-state index contributed by atoms with van der Waals surface area (Å²) < 4.78 is 20.5. The molecule has 0 aromatic heterocycles. The molecule has 1 N–H and O–H groups in total. The van der Waals surface area contributed by atoms with Gasteiger partial charge in [-0.1, -0.05) is 18.2 Å². The maximum atomic E-state index is 14.3. The maximum absolute atomic E-state index is 14.3. The molecule has 0 unspecified atom stereocenters. The van der Waals surface area contributed by atoms with Crippen LogP contribution in [0.3, 0.4) is 0 Å². The minimum atomic E-state index is -1.01. The highest BCUT2D eigenvalue weighted by atomic mass is 19.1. The van der Waals surface area contributed by atoms with Crippen LogP contribution < -0.4 is 4.74 Å². The standard InChI is InChI=1S/C25H29FN2O4/c1-4-5-24(29)28-13-12-27(15-18(28)3)16-23(20-7-6-17(2)22(26)14-20)32-21-10-8-19(9-11-21)25(30)31/h4-11,14,18,23H,12-13,15-16H2,1-3H3,(H,30,31)/b5-4+/t18-,23+/m1/s1. The van der Waals surface area contributed by atoms with Gasteiger partial charge in [0.05, 0.1) is 5.56 Å². The zero-order chi connectivity index (χ0) is 23.3. The van der Waals surface area contributed by atoms with Crippen molar-refractivity contribution in [3.63, 3.8) is 0 Å². The topological polar surface area (TPSA) is 70.1 Å². The van der Waals surface area contributed by atoms with Crippen LogP contribution in [0.4, 0.5) is 4.39 Å². The largest absolute Gasteiger partial charge is 0.484 e. The van der Waals surface area contributed by atoms with Crippen molar-refractivity contribution in [3.05, 3.63) is 77.1 Å². The molecule has 2 atom stereocenters. The van der Waals surface area contributed by atoms with E-state index in [0.717, 1.165) is 0 Å². The Bertz CT molecular complexity index is 990. The normalized spacial score (nSPS) is 18.0. The predicted molar refractivity (Wildman–Crippen MR) is 120 cm³/mol. The Kier molecular flexibility index (Phi) is 7.64. The smallest absolute Gasteiger partial charge is 0.335 e.